The molecule has 2 N–H and O–H groups in total. The molecule has 0 radical (unpaired) electrons. The lowest BCUT2D eigenvalue weighted by atomic mass is 10.0. The van der Waals surface area contributed by atoms with E-state index in [-0.39, 0.29) is 42.3 Å². The molecule has 2 aliphatic heterocycles. The van der Waals surface area contributed by atoms with Crippen LogP contribution < -0.4 is 10.6 Å². The quantitative estimate of drug-likeness (QED) is 0.404. The van der Waals surface area contributed by atoms with Gasteiger partial charge in [0.1, 0.15) is 11.0 Å². The highest BCUT2D eigenvalue weighted by atomic mass is 32.1. The molecule has 2 aliphatic rings. The fourth-order valence-electron chi connectivity index (χ4n) is 6.18. The van der Waals surface area contributed by atoms with E-state index in [0.29, 0.717) is 19.4 Å². The molecule has 218 valence electrons. The molecule has 0 bridgehead atoms. The fourth-order valence-corrected chi connectivity index (χ4v) is 7.31. The third kappa shape index (κ3) is 6.16. The van der Waals surface area contributed by atoms with E-state index in [1.165, 1.54) is 0 Å². The molecule has 8 nitrogen and oxygen atoms in total. The molecule has 9 heteroatoms. The molecule has 1 aromatic heterocycles. The van der Waals surface area contributed by atoms with Crippen LogP contribution in [0.2, 0.25) is 0 Å². The van der Waals surface area contributed by atoms with Gasteiger partial charge in [-0.05, 0) is 50.3 Å². The van der Waals surface area contributed by atoms with Crippen molar-refractivity contribution in [1.82, 2.24) is 25.4 Å². The predicted octanol–water partition coefficient (Wildman–Crippen LogP) is 4.76. The minimum absolute atomic E-state index is 0.00608. The van der Waals surface area contributed by atoms with E-state index in [4.69, 9.17) is 4.98 Å². The summed E-state index contributed by atoms with van der Waals surface area (Å²) in [6.07, 6.45) is 3.41. The van der Waals surface area contributed by atoms with E-state index in [1.807, 2.05) is 43.9 Å². The van der Waals surface area contributed by atoms with Gasteiger partial charge < -0.3 is 20.4 Å². The number of carbonyl (C=O) groups excluding carboxylic acids is 3. The van der Waals surface area contributed by atoms with Crippen molar-refractivity contribution < 1.29 is 14.4 Å². The van der Waals surface area contributed by atoms with Crippen LogP contribution in [0.25, 0.3) is 21.3 Å². The minimum Gasteiger partial charge on any atom is -0.341 e. The predicted molar refractivity (Wildman–Crippen MR) is 163 cm³/mol. The van der Waals surface area contributed by atoms with Crippen LogP contribution in [0.4, 0.5) is 0 Å². The van der Waals surface area contributed by atoms with Crippen molar-refractivity contribution in [2.45, 2.75) is 77.0 Å². The number of hydrogen-bond donors (Lipinski definition) is 2. The van der Waals surface area contributed by atoms with Crippen molar-refractivity contribution in [3.8, 4) is 11.1 Å². The average Bonchev–Trinajstić information content (AvgIpc) is 3.58. The number of benzene rings is 2. The maximum atomic E-state index is 14.3. The molecule has 3 aromatic rings. The summed E-state index contributed by atoms with van der Waals surface area (Å²) in [7, 11) is 1.75. The Morgan fingerprint density at radius 1 is 1.07 bits per heavy atom. The Morgan fingerprint density at radius 3 is 2.56 bits per heavy atom. The highest BCUT2D eigenvalue weighted by Crippen LogP contribution is 2.43. The van der Waals surface area contributed by atoms with Crippen LogP contribution in [0, 0.1) is 5.92 Å². The van der Waals surface area contributed by atoms with E-state index in [1.54, 1.807) is 23.3 Å². The summed E-state index contributed by atoms with van der Waals surface area (Å²) < 4.78 is 1.10. The molecule has 2 aromatic carbocycles. The monoisotopic (exact) mass is 575 g/mol. The van der Waals surface area contributed by atoms with Crippen molar-refractivity contribution in [3.63, 3.8) is 0 Å². The zero-order valence-electron chi connectivity index (χ0n) is 24.4. The van der Waals surface area contributed by atoms with Crippen molar-refractivity contribution in [2.75, 3.05) is 20.1 Å². The van der Waals surface area contributed by atoms with Gasteiger partial charge in [-0.2, -0.15) is 0 Å². The number of aromatic nitrogens is 1. The third-order valence-electron chi connectivity index (χ3n) is 8.32. The van der Waals surface area contributed by atoms with E-state index in [0.717, 1.165) is 45.6 Å². The lowest BCUT2D eigenvalue weighted by molar-refractivity contribution is -0.144. The lowest BCUT2D eigenvalue weighted by Crippen LogP contribution is -2.60. The van der Waals surface area contributed by atoms with Crippen molar-refractivity contribution in [3.05, 3.63) is 53.5 Å². The van der Waals surface area contributed by atoms with Crippen LogP contribution in [0.3, 0.4) is 0 Å². The van der Waals surface area contributed by atoms with E-state index in [2.05, 4.69) is 41.0 Å². The smallest absolute Gasteiger partial charge is 0.247 e. The van der Waals surface area contributed by atoms with Gasteiger partial charge in [0.2, 0.25) is 17.7 Å². The van der Waals surface area contributed by atoms with Gasteiger partial charge >= 0.3 is 0 Å². The number of rotatable bonds is 8. The maximum absolute atomic E-state index is 14.3. The highest BCUT2D eigenvalue weighted by molar-refractivity contribution is 7.18. The molecule has 0 unspecified atom stereocenters. The molecule has 2 fully saturated rings. The summed E-state index contributed by atoms with van der Waals surface area (Å²) in [5, 5.41) is 6.98. The number of nitrogens with one attached hydrogen (secondary N) is 2. The molecular weight excluding hydrogens is 534 g/mol. The van der Waals surface area contributed by atoms with Gasteiger partial charge in [0.05, 0.1) is 22.3 Å². The Hall–Kier alpha value is -3.30. The first-order valence-electron chi connectivity index (χ1n) is 14.8. The Bertz CT molecular complexity index is 1390. The second-order valence-electron chi connectivity index (χ2n) is 11.6. The molecule has 0 aliphatic carbocycles. The van der Waals surface area contributed by atoms with Gasteiger partial charge in [-0.1, -0.05) is 63.2 Å². The fraction of sp³-hybridized carbons (Fsp3) is 0.500. The number of likely N-dealkylation sites (N-methyl/N-ethyl adjacent to an activating group) is 1. The highest BCUT2D eigenvalue weighted by Gasteiger charge is 2.44. The Labute approximate surface area is 246 Å². The second kappa shape index (κ2) is 12.7. The summed E-state index contributed by atoms with van der Waals surface area (Å²) in [5.41, 5.74) is 3.16. The lowest BCUT2D eigenvalue weighted by Gasteiger charge is -2.39. The van der Waals surface area contributed by atoms with Gasteiger partial charge in [0.25, 0.3) is 0 Å². The van der Waals surface area contributed by atoms with Gasteiger partial charge in [0.15, 0.2) is 0 Å². The summed E-state index contributed by atoms with van der Waals surface area (Å²) in [6, 6.07) is 15.1. The normalized spacial score (nSPS) is 22.0. The van der Waals surface area contributed by atoms with E-state index < -0.39 is 12.1 Å². The van der Waals surface area contributed by atoms with Gasteiger partial charge in [-0.15, -0.1) is 11.3 Å². The first kappa shape index (κ1) is 29.2. The Kier molecular flexibility index (Phi) is 9.04. The SMILES string of the molecule is CC[C@H](NC)C(=O)N[C@H]1CN(C(=O)CC(C)C)CC[C@H]2CC[C@@H](c3nc4c(-c5ccccc5)cccc4s3)N2C1=O. The Balaban J connectivity index is 1.47. The molecule has 4 atom stereocenters. The van der Waals surface area contributed by atoms with Crippen LogP contribution in [0.1, 0.15) is 63.9 Å². The topological polar surface area (TPSA) is 94.6 Å². The molecule has 3 amide bonds. The minimum atomic E-state index is -0.807. The average molecular weight is 576 g/mol. The molecular formula is C32H41N5O3S. The zero-order valence-corrected chi connectivity index (χ0v) is 25.2. The van der Waals surface area contributed by atoms with Crippen LogP contribution in [0.5, 0.6) is 0 Å². The summed E-state index contributed by atoms with van der Waals surface area (Å²) >= 11 is 1.65. The van der Waals surface area contributed by atoms with Crippen LogP contribution in [-0.4, -0.2) is 70.8 Å². The number of carbonyl (C=O) groups is 3. The number of fused-ring (bicyclic) bond motifs is 2. The van der Waals surface area contributed by atoms with Gasteiger partial charge in [-0.25, -0.2) is 4.98 Å². The van der Waals surface area contributed by atoms with Gasteiger partial charge in [-0.3, -0.25) is 14.4 Å². The molecule has 3 heterocycles. The summed E-state index contributed by atoms with van der Waals surface area (Å²) in [5.74, 6) is -0.0840. The number of hydrogen-bond acceptors (Lipinski definition) is 6. The van der Waals surface area contributed by atoms with Crippen LogP contribution >= 0.6 is 11.3 Å². The van der Waals surface area contributed by atoms with E-state index in [9.17, 15) is 14.4 Å². The number of amides is 3. The Morgan fingerprint density at radius 2 is 1.85 bits per heavy atom. The van der Waals surface area contributed by atoms with Crippen molar-refractivity contribution >= 4 is 39.3 Å². The van der Waals surface area contributed by atoms with Crippen molar-refractivity contribution in [2.24, 2.45) is 5.92 Å². The molecule has 2 saturated heterocycles. The van der Waals surface area contributed by atoms with Crippen LogP contribution in [0.15, 0.2) is 48.5 Å². The first-order valence-corrected chi connectivity index (χ1v) is 15.6. The third-order valence-corrected chi connectivity index (χ3v) is 9.44. The zero-order chi connectivity index (χ0) is 29.1. The number of thiazole rings is 1. The van der Waals surface area contributed by atoms with Crippen LogP contribution in [-0.2, 0) is 14.4 Å². The second-order valence-corrected chi connectivity index (χ2v) is 12.7. The maximum Gasteiger partial charge on any atom is 0.247 e. The summed E-state index contributed by atoms with van der Waals surface area (Å²) in [6.45, 7) is 6.73. The number of para-hydroxylation sites is 1. The largest absolute Gasteiger partial charge is 0.341 e. The number of nitrogens with zero attached hydrogens (tertiary/aromatic N) is 3. The molecule has 0 saturated carbocycles. The standard InChI is InChI=1S/C32H41N5O3S/c1-5-24(33-4)30(39)34-25-19-36(28(38)18-20(2)3)17-16-22-14-15-26(37(22)32(25)40)31-35-29-23(12-9-13-27(29)41-31)21-10-7-6-8-11-21/h6-13,20,22,24-26,33H,5,14-19H2,1-4H3,(H,34,39)/t22-,24+,25+,26+/m1/s1. The van der Waals surface area contributed by atoms with Gasteiger partial charge in [0, 0.05) is 31.1 Å². The molecule has 0 spiro atoms. The first-order chi connectivity index (χ1) is 19.8. The van der Waals surface area contributed by atoms with E-state index >= 15 is 0 Å². The molecule has 5 rings (SSSR count). The molecule has 41 heavy (non-hydrogen) atoms. The van der Waals surface area contributed by atoms with Crippen molar-refractivity contribution in [1.29, 1.82) is 0 Å². The summed E-state index contributed by atoms with van der Waals surface area (Å²) in [4.78, 5) is 49.5.